The van der Waals surface area contributed by atoms with Gasteiger partial charge in [-0.05, 0) is 67.5 Å². The zero-order chi connectivity index (χ0) is 21.0. The molecule has 1 unspecified atom stereocenters. The zero-order valence-electron chi connectivity index (χ0n) is 17.9. The molecule has 3 rings (SSSR count). The van der Waals surface area contributed by atoms with Crippen LogP contribution in [0.2, 0.25) is 0 Å². The molecule has 0 spiro atoms. The maximum atomic E-state index is 13.0. The summed E-state index contributed by atoms with van der Waals surface area (Å²) >= 11 is 0. The molecule has 3 aromatic carbocycles. The Morgan fingerprint density at radius 3 is 2.00 bits per heavy atom. The Bertz CT molecular complexity index is 967. The van der Waals surface area contributed by atoms with Gasteiger partial charge >= 0.3 is 18.9 Å². The summed E-state index contributed by atoms with van der Waals surface area (Å²) in [5.41, 5.74) is 5.67. The second kappa shape index (κ2) is 10.5. The number of carbonyl (C=O) groups is 1. The molecule has 0 N–H and O–H groups in total. The van der Waals surface area contributed by atoms with Crippen LogP contribution < -0.4 is 10.0 Å². The minimum absolute atomic E-state index is 0. The van der Waals surface area contributed by atoms with E-state index in [-0.39, 0.29) is 38.4 Å². The molecular formula is C26H30LiO2P. The fraction of sp³-hybridized carbons (Fsp3) is 0.269. The van der Waals surface area contributed by atoms with Crippen molar-refractivity contribution < 1.29 is 9.53 Å². The van der Waals surface area contributed by atoms with Crippen molar-refractivity contribution in [2.45, 2.75) is 46.6 Å². The molecule has 0 heterocycles. The Kier molecular flexibility index (Phi) is 8.51. The van der Waals surface area contributed by atoms with Gasteiger partial charge in [-0.15, -0.1) is 0 Å². The summed E-state index contributed by atoms with van der Waals surface area (Å²) < 4.78 is 5.84. The van der Waals surface area contributed by atoms with E-state index < -0.39 is 0 Å². The molecule has 0 radical (unpaired) electrons. The van der Waals surface area contributed by atoms with E-state index in [1.807, 2.05) is 68.4 Å². The van der Waals surface area contributed by atoms with Crippen molar-refractivity contribution in [3.8, 4) is 5.75 Å². The van der Waals surface area contributed by atoms with Gasteiger partial charge in [-0.3, -0.25) is 4.79 Å². The van der Waals surface area contributed by atoms with Crippen LogP contribution in [0.1, 0.15) is 53.4 Å². The molecule has 30 heavy (non-hydrogen) atoms. The summed E-state index contributed by atoms with van der Waals surface area (Å²) in [5.74, 6) is 0.816. The summed E-state index contributed by atoms with van der Waals surface area (Å²) in [6.45, 7) is 11.2. The summed E-state index contributed by atoms with van der Waals surface area (Å²) in [5, 5.41) is 1.03. The van der Waals surface area contributed by atoms with Crippen LogP contribution in [0.25, 0.3) is 0 Å². The third-order valence-corrected chi connectivity index (χ3v) is 6.09. The van der Waals surface area contributed by atoms with E-state index in [9.17, 15) is 4.79 Å². The van der Waals surface area contributed by atoms with Crippen molar-refractivity contribution in [1.29, 1.82) is 0 Å². The summed E-state index contributed by atoms with van der Waals surface area (Å²) in [6.07, 6.45) is 0. The number of benzene rings is 3. The van der Waals surface area contributed by atoms with Gasteiger partial charge in [0.2, 0.25) is 0 Å². The summed E-state index contributed by atoms with van der Waals surface area (Å²) in [6, 6.07) is 22.3. The summed E-state index contributed by atoms with van der Waals surface area (Å²) in [7, 11) is 0.109. The molecule has 0 saturated carbocycles. The first-order valence-corrected chi connectivity index (χ1v) is 10.9. The first kappa shape index (κ1) is 24.4. The van der Waals surface area contributed by atoms with Crippen LogP contribution in [-0.4, -0.2) is 24.4 Å². The molecule has 0 aliphatic rings. The van der Waals surface area contributed by atoms with Gasteiger partial charge in [-0.25, -0.2) is 0 Å². The molecule has 3 aromatic rings. The topological polar surface area (TPSA) is 26.3 Å². The van der Waals surface area contributed by atoms with Gasteiger partial charge in [-0.2, -0.15) is 0 Å². The van der Waals surface area contributed by atoms with Crippen molar-refractivity contribution in [3.63, 3.8) is 0 Å². The fourth-order valence-electron chi connectivity index (χ4n) is 3.32. The normalized spacial score (nSPS) is 11.4. The molecule has 0 aliphatic heterocycles. The van der Waals surface area contributed by atoms with E-state index in [1.54, 1.807) is 0 Å². The number of rotatable bonds is 6. The van der Waals surface area contributed by atoms with Crippen molar-refractivity contribution >= 4 is 38.3 Å². The minimum atomic E-state index is 0. The van der Waals surface area contributed by atoms with E-state index >= 15 is 0 Å². The molecule has 0 aliphatic carbocycles. The summed E-state index contributed by atoms with van der Waals surface area (Å²) in [4.78, 5) is 13.0. The average Bonchev–Trinajstić information content (AvgIpc) is 2.67. The van der Waals surface area contributed by atoms with Crippen molar-refractivity contribution in [1.82, 2.24) is 0 Å². The second-order valence-corrected chi connectivity index (χ2v) is 9.77. The van der Waals surface area contributed by atoms with Gasteiger partial charge in [0.1, 0.15) is 12.4 Å². The first-order valence-electron chi connectivity index (χ1n) is 9.94. The zero-order valence-corrected chi connectivity index (χ0v) is 18.9. The van der Waals surface area contributed by atoms with Crippen LogP contribution in [-0.2, 0) is 12.0 Å². The molecule has 152 valence electrons. The van der Waals surface area contributed by atoms with Crippen molar-refractivity contribution in [2.75, 3.05) is 0 Å². The third kappa shape index (κ3) is 6.33. The van der Waals surface area contributed by atoms with Gasteiger partial charge in [0.05, 0.1) is 0 Å². The third-order valence-electron chi connectivity index (χ3n) is 4.99. The Morgan fingerprint density at radius 1 is 0.900 bits per heavy atom. The van der Waals surface area contributed by atoms with Crippen LogP contribution in [0.5, 0.6) is 5.75 Å². The number of hydrogen-bond acceptors (Lipinski definition) is 2. The second-order valence-electron chi connectivity index (χ2n) is 8.49. The first-order chi connectivity index (χ1) is 13.7. The van der Waals surface area contributed by atoms with Gasteiger partial charge in [0.15, 0.2) is 5.52 Å². The number of hydrogen-bond donors (Lipinski definition) is 0. The van der Waals surface area contributed by atoms with E-state index in [0.717, 1.165) is 33.3 Å². The quantitative estimate of drug-likeness (QED) is 0.385. The van der Waals surface area contributed by atoms with Crippen LogP contribution in [0.15, 0.2) is 66.7 Å². The van der Waals surface area contributed by atoms with Crippen molar-refractivity contribution in [3.05, 3.63) is 94.5 Å². The van der Waals surface area contributed by atoms with Crippen molar-refractivity contribution in [2.24, 2.45) is 0 Å². The molecule has 0 fully saturated rings. The molecular weight excluding hydrogens is 382 g/mol. The molecule has 1 atom stereocenters. The predicted octanol–water partition coefficient (Wildman–Crippen LogP) is 5.68. The molecule has 0 amide bonds. The van der Waals surface area contributed by atoms with Gasteiger partial charge in [-0.1, -0.05) is 75.4 Å². The molecule has 0 aromatic heterocycles. The van der Waals surface area contributed by atoms with E-state index in [1.165, 1.54) is 5.56 Å². The monoisotopic (exact) mass is 412 g/mol. The van der Waals surface area contributed by atoms with E-state index in [0.29, 0.717) is 6.61 Å². The molecule has 0 saturated heterocycles. The number of carbonyl (C=O) groups excluding carboxylic acids is 1. The van der Waals surface area contributed by atoms with Crippen LogP contribution in [0, 0.1) is 13.8 Å². The predicted molar refractivity (Wildman–Crippen MR) is 131 cm³/mol. The van der Waals surface area contributed by atoms with Crippen LogP contribution >= 0.6 is 8.58 Å². The Morgan fingerprint density at radius 2 is 1.47 bits per heavy atom. The molecule has 4 heteroatoms. The number of aryl methyl sites for hydroxylation is 2. The standard InChI is InChI=1S/C26H29O2P.Li.H/c1-18-15-21(26(3,4)5)16-19(2)24(18)25(27)29-23-13-11-22(12-14-23)28-17-20-9-7-6-8-10-20;;/h6-16,29H,17H2,1-5H3;;. The number of ether oxygens (including phenoxy) is 1. The molecule has 2 nitrogen and oxygen atoms in total. The maximum absolute atomic E-state index is 13.0. The average molecular weight is 412 g/mol. The fourth-order valence-corrected chi connectivity index (χ4v) is 4.44. The SMILES string of the molecule is Cc1cc(C(C)(C)C)cc(C)c1C(=O)Pc1ccc(OCc2ccccc2)cc1.[LiH]. The Balaban J connectivity index is 0.00000320. The Hall–Kier alpha value is -1.84. The van der Waals surface area contributed by atoms with E-state index in [4.69, 9.17) is 4.74 Å². The van der Waals surface area contributed by atoms with Gasteiger partial charge < -0.3 is 4.74 Å². The van der Waals surface area contributed by atoms with Crippen LogP contribution in [0.3, 0.4) is 0 Å². The van der Waals surface area contributed by atoms with Gasteiger partial charge in [0.25, 0.3) is 0 Å². The van der Waals surface area contributed by atoms with Gasteiger partial charge in [0, 0.05) is 5.56 Å². The van der Waals surface area contributed by atoms with Crippen LogP contribution in [0.4, 0.5) is 0 Å². The molecule has 0 bridgehead atoms. The Labute approximate surface area is 194 Å². The van der Waals surface area contributed by atoms with E-state index in [2.05, 4.69) is 32.9 Å².